The summed E-state index contributed by atoms with van der Waals surface area (Å²) in [5.74, 6) is 0.370. The summed E-state index contributed by atoms with van der Waals surface area (Å²) in [4.78, 5) is 8.87. The third kappa shape index (κ3) is 3.71. The normalized spacial score (nSPS) is 21.1. The van der Waals surface area contributed by atoms with Crippen molar-refractivity contribution in [1.29, 1.82) is 0 Å². The first kappa shape index (κ1) is 18.8. The van der Waals surface area contributed by atoms with E-state index in [2.05, 4.69) is 20.4 Å². The van der Waals surface area contributed by atoms with E-state index in [0.29, 0.717) is 18.9 Å². The number of nitrogens with one attached hydrogen (secondary N) is 1. The van der Waals surface area contributed by atoms with Gasteiger partial charge in [-0.2, -0.15) is 4.31 Å². The summed E-state index contributed by atoms with van der Waals surface area (Å²) in [6.07, 6.45) is 2.47. The average molecular weight is 402 g/mol. The fraction of sp³-hybridized carbons (Fsp3) is 0.389. The quantitative estimate of drug-likeness (QED) is 0.667. The molecule has 3 aromatic rings. The summed E-state index contributed by atoms with van der Waals surface area (Å²) >= 11 is 0. The van der Waals surface area contributed by atoms with Gasteiger partial charge in [0.2, 0.25) is 16.0 Å². The van der Waals surface area contributed by atoms with E-state index in [1.165, 1.54) is 4.31 Å². The van der Waals surface area contributed by atoms with Gasteiger partial charge in [0.15, 0.2) is 0 Å². The standard InChI is InChI=1S/C18H22N6O3S/c1-12-4-3-5-14(20-12)16-7-6-13-10-19-18(22-24(13)16)21-15-8-9-23(11-17(15)25)28(2,26)27/h3-7,10,15,17,25H,8-9,11H2,1-2H3,(H,21,22)/t15-,17-/m1/s1. The van der Waals surface area contributed by atoms with Crippen LogP contribution < -0.4 is 5.32 Å². The Morgan fingerprint density at radius 3 is 2.79 bits per heavy atom. The molecule has 0 amide bonds. The van der Waals surface area contributed by atoms with Crippen molar-refractivity contribution in [2.75, 3.05) is 24.7 Å². The molecule has 4 heterocycles. The highest BCUT2D eigenvalue weighted by Crippen LogP contribution is 2.22. The zero-order chi connectivity index (χ0) is 19.9. The lowest BCUT2D eigenvalue weighted by atomic mass is 10.0. The summed E-state index contributed by atoms with van der Waals surface area (Å²) in [7, 11) is -3.31. The number of piperidine rings is 1. The number of hydrogen-bond donors (Lipinski definition) is 2. The van der Waals surface area contributed by atoms with E-state index >= 15 is 0 Å². The van der Waals surface area contributed by atoms with E-state index in [9.17, 15) is 13.5 Å². The first-order valence-corrected chi connectivity index (χ1v) is 10.8. The first-order chi connectivity index (χ1) is 13.3. The maximum absolute atomic E-state index is 11.7. The predicted molar refractivity (Wildman–Crippen MR) is 105 cm³/mol. The number of β-amino-alcohol motifs (C(OH)–C–C–N with tert-alkyl or cyclic N) is 1. The van der Waals surface area contributed by atoms with Gasteiger partial charge in [0.25, 0.3) is 0 Å². The maximum atomic E-state index is 11.7. The molecule has 2 atom stereocenters. The number of aliphatic hydroxyl groups excluding tert-OH is 1. The molecular weight excluding hydrogens is 380 g/mol. The van der Waals surface area contributed by atoms with Gasteiger partial charge in [-0.3, -0.25) is 4.98 Å². The Morgan fingerprint density at radius 2 is 2.07 bits per heavy atom. The van der Waals surface area contributed by atoms with Crippen LogP contribution in [0.3, 0.4) is 0 Å². The fourth-order valence-electron chi connectivity index (χ4n) is 3.39. The number of nitrogens with zero attached hydrogens (tertiary/aromatic N) is 5. The maximum Gasteiger partial charge on any atom is 0.241 e. The molecule has 10 heteroatoms. The monoisotopic (exact) mass is 402 g/mol. The second-order valence-electron chi connectivity index (χ2n) is 7.03. The van der Waals surface area contributed by atoms with Crippen LogP contribution in [-0.4, -0.2) is 68.9 Å². The number of aryl methyl sites for hydroxylation is 1. The molecule has 0 aliphatic carbocycles. The average Bonchev–Trinajstić information content (AvgIpc) is 3.06. The van der Waals surface area contributed by atoms with Crippen LogP contribution in [0.4, 0.5) is 5.95 Å². The van der Waals surface area contributed by atoms with Gasteiger partial charge in [0, 0.05) is 18.8 Å². The van der Waals surface area contributed by atoms with Crippen LogP contribution in [0, 0.1) is 6.92 Å². The van der Waals surface area contributed by atoms with E-state index in [0.717, 1.165) is 28.9 Å². The van der Waals surface area contributed by atoms with Crippen LogP contribution in [0.5, 0.6) is 0 Å². The smallest absolute Gasteiger partial charge is 0.241 e. The fourth-order valence-corrected chi connectivity index (χ4v) is 4.25. The molecule has 2 N–H and O–H groups in total. The second kappa shape index (κ2) is 7.12. The molecular formula is C18H22N6O3S. The van der Waals surface area contributed by atoms with Gasteiger partial charge < -0.3 is 10.4 Å². The summed E-state index contributed by atoms with van der Waals surface area (Å²) in [5, 5.41) is 18.0. The molecule has 148 valence electrons. The minimum absolute atomic E-state index is 0.0563. The van der Waals surface area contributed by atoms with E-state index in [1.807, 2.05) is 37.3 Å². The Morgan fingerprint density at radius 1 is 1.25 bits per heavy atom. The third-order valence-corrected chi connectivity index (χ3v) is 6.15. The lowest BCUT2D eigenvalue weighted by Gasteiger charge is -2.34. The predicted octanol–water partition coefficient (Wildman–Crippen LogP) is 0.906. The molecule has 9 nitrogen and oxygen atoms in total. The van der Waals surface area contributed by atoms with Crippen molar-refractivity contribution in [1.82, 2.24) is 23.9 Å². The van der Waals surface area contributed by atoms with Crippen LogP contribution in [0.2, 0.25) is 0 Å². The largest absolute Gasteiger partial charge is 0.390 e. The van der Waals surface area contributed by atoms with Crippen LogP contribution >= 0.6 is 0 Å². The molecule has 0 radical (unpaired) electrons. The summed E-state index contributed by atoms with van der Waals surface area (Å²) in [5.41, 5.74) is 3.40. The zero-order valence-electron chi connectivity index (χ0n) is 15.6. The highest BCUT2D eigenvalue weighted by atomic mass is 32.2. The van der Waals surface area contributed by atoms with Crippen LogP contribution in [0.25, 0.3) is 16.9 Å². The van der Waals surface area contributed by atoms with Crippen molar-refractivity contribution < 1.29 is 13.5 Å². The number of pyridine rings is 1. The topological polar surface area (TPSA) is 113 Å². The molecule has 0 saturated carbocycles. The number of rotatable bonds is 4. The SMILES string of the molecule is Cc1cccc(-c2ccc3cnc(N[C@@H]4CCN(S(C)(=O)=O)C[C@H]4O)nn23)n1. The first-order valence-electron chi connectivity index (χ1n) is 9.00. The van der Waals surface area contributed by atoms with Gasteiger partial charge in [-0.1, -0.05) is 6.07 Å². The van der Waals surface area contributed by atoms with Crippen molar-refractivity contribution in [2.45, 2.75) is 25.5 Å². The number of sulfonamides is 1. The van der Waals surface area contributed by atoms with E-state index in [-0.39, 0.29) is 12.6 Å². The molecule has 0 spiro atoms. The van der Waals surface area contributed by atoms with Gasteiger partial charge in [-0.15, -0.1) is 5.10 Å². The molecule has 0 aromatic carbocycles. The Balaban J connectivity index is 1.58. The van der Waals surface area contributed by atoms with Crippen molar-refractivity contribution in [3.05, 3.63) is 42.2 Å². The summed E-state index contributed by atoms with van der Waals surface area (Å²) < 4.78 is 26.4. The molecule has 3 aromatic heterocycles. The Bertz CT molecular complexity index is 1110. The molecule has 1 aliphatic rings. The molecule has 0 unspecified atom stereocenters. The van der Waals surface area contributed by atoms with Crippen molar-refractivity contribution in [3.63, 3.8) is 0 Å². The third-order valence-electron chi connectivity index (χ3n) is 4.88. The molecule has 1 aliphatic heterocycles. The van der Waals surface area contributed by atoms with Gasteiger partial charge >= 0.3 is 0 Å². The minimum atomic E-state index is -3.31. The summed E-state index contributed by atoms with van der Waals surface area (Å²) in [6, 6.07) is 9.34. The Kier molecular flexibility index (Phi) is 4.77. The van der Waals surface area contributed by atoms with E-state index in [4.69, 9.17) is 0 Å². The Hall–Kier alpha value is -2.56. The molecule has 0 bridgehead atoms. The van der Waals surface area contributed by atoms with Gasteiger partial charge in [-0.25, -0.2) is 17.9 Å². The Labute approximate surface area is 163 Å². The number of aromatic nitrogens is 4. The summed E-state index contributed by atoms with van der Waals surface area (Å²) in [6.45, 7) is 2.34. The van der Waals surface area contributed by atoms with E-state index in [1.54, 1.807) is 10.7 Å². The number of fused-ring (bicyclic) bond motifs is 1. The number of anilines is 1. The highest BCUT2D eigenvalue weighted by molar-refractivity contribution is 7.88. The minimum Gasteiger partial charge on any atom is -0.390 e. The van der Waals surface area contributed by atoms with Crippen LogP contribution in [-0.2, 0) is 10.0 Å². The van der Waals surface area contributed by atoms with Gasteiger partial charge in [0.05, 0.1) is 41.5 Å². The zero-order valence-corrected chi connectivity index (χ0v) is 16.5. The molecule has 1 fully saturated rings. The second-order valence-corrected chi connectivity index (χ2v) is 9.01. The van der Waals surface area contributed by atoms with Gasteiger partial charge in [0.1, 0.15) is 0 Å². The van der Waals surface area contributed by atoms with Crippen molar-refractivity contribution in [3.8, 4) is 11.4 Å². The molecule has 1 saturated heterocycles. The molecule has 4 rings (SSSR count). The molecule has 28 heavy (non-hydrogen) atoms. The highest BCUT2D eigenvalue weighted by Gasteiger charge is 2.32. The van der Waals surface area contributed by atoms with E-state index < -0.39 is 16.1 Å². The van der Waals surface area contributed by atoms with Gasteiger partial charge in [-0.05, 0) is 37.6 Å². The number of aliphatic hydroxyl groups is 1. The van der Waals surface area contributed by atoms with Crippen molar-refractivity contribution in [2.24, 2.45) is 0 Å². The number of hydrogen-bond acceptors (Lipinski definition) is 7. The van der Waals surface area contributed by atoms with Crippen LogP contribution in [0.15, 0.2) is 36.5 Å². The van der Waals surface area contributed by atoms with Crippen LogP contribution in [0.1, 0.15) is 12.1 Å². The van der Waals surface area contributed by atoms with Crippen molar-refractivity contribution >= 4 is 21.5 Å². The lowest BCUT2D eigenvalue weighted by molar-refractivity contribution is 0.0950. The lowest BCUT2D eigenvalue weighted by Crippen LogP contribution is -2.51.